The molecule has 3 rings (SSSR count). The number of ether oxygens (including phenoxy) is 1. The highest BCUT2D eigenvalue weighted by atomic mass is 35.5. The summed E-state index contributed by atoms with van der Waals surface area (Å²) in [5.74, 6) is 0.398. The zero-order chi connectivity index (χ0) is 22.6. The monoisotopic (exact) mass is 459 g/mol. The van der Waals surface area contributed by atoms with Crippen molar-refractivity contribution in [2.45, 2.75) is 31.8 Å². The number of carbonyl (C=O) groups excluding carboxylic acids is 1. The predicted molar refractivity (Wildman–Crippen MR) is 121 cm³/mol. The Hall–Kier alpha value is -3.10. The molecule has 2 aromatic carbocycles. The Morgan fingerprint density at radius 1 is 1.06 bits per heavy atom. The van der Waals surface area contributed by atoms with E-state index in [-0.39, 0.29) is 16.6 Å². The maximum Gasteiger partial charge on any atom is 0.265 e. The standard InChI is InChI=1S/C22H22ClN3O4S/c1-14-12-18(13-15(2)21(14)23)30-16(3)22(27)25-17-7-9-19(10-8-17)31(28,29)26-20-6-4-5-11-24-20/h4-13,16H,1-3H3,(H,24,26)(H,25,27). The molecular weight excluding hydrogens is 438 g/mol. The summed E-state index contributed by atoms with van der Waals surface area (Å²) in [7, 11) is -3.79. The molecule has 0 spiro atoms. The van der Waals surface area contributed by atoms with Crippen LogP contribution in [0.2, 0.25) is 5.02 Å². The van der Waals surface area contributed by atoms with Gasteiger partial charge in [-0.05, 0) is 80.4 Å². The number of nitrogens with zero attached hydrogens (tertiary/aromatic N) is 1. The summed E-state index contributed by atoms with van der Waals surface area (Å²) in [6.45, 7) is 5.36. The molecule has 9 heteroatoms. The van der Waals surface area contributed by atoms with Gasteiger partial charge in [0.05, 0.1) is 4.90 Å². The molecule has 162 valence electrons. The minimum Gasteiger partial charge on any atom is -0.481 e. The molecule has 1 unspecified atom stereocenters. The first-order valence-corrected chi connectivity index (χ1v) is 11.3. The first-order valence-electron chi connectivity index (χ1n) is 9.44. The number of carbonyl (C=O) groups is 1. The summed E-state index contributed by atoms with van der Waals surface area (Å²) in [5, 5.41) is 3.38. The van der Waals surface area contributed by atoms with E-state index in [1.165, 1.54) is 30.5 Å². The third-order valence-corrected chi connectivity index (χ3v) is 6.39. The van der Waals surface area contributed by atoms with Gasteiger partial charge in [-0.25, -0.2) is 13.4 Å². The van der Waals surface area contributed by atoms with E-state index in [1.54, 1.807) is 37.3 Å². The highest BCUT2D eigenvalue weighted by Crippen LogP contribution is 2.26. The molecule has 0 saturated heterocycles. The molecule has 0 aliphatic heterocycles. The third-order valence-electron chi connectivity index (χ3n) is 4.43. The summed E-state index contributed by atoms with van der Waals surface area (Å²) in [5.41, 5.74) is 2.17. The van der Waals surface area contributed by atoms with E-state index < -0.39 is 16.1 Å². The second-order valence-corrected chi connectivity index (χ2v) is 9.03. The Balaban J connectivity index is 1.64. The van der Waals surface area contributed by atoms with Gasteiger partial charge in [0.2, 0.25) is 0 Å². The van der Waals surface area contributed by atoms with Crippen molar-refractivity contribution in [1.29, 1.82) is 0 Å². The van der Waals surface area contributed by atoms with Crippen LogP contribution in [0.5, 0.6) is 5.75 Å². The zero-order valence-corrected chi connectivity index (χ0v) is 18.8. The molecule has 3 aromatic rings. The number of benzene rings is 2. The highest BCUT2D eigenvalue weighted by molar-refractivity contribution is 7.92. The Kier molecular flexibility index (Phi) is 6.82. The zero-order valence-electron chi connectivity index (χ0n) is 17.2. The number of halogens is 1. The molecule has 1 atom stereocenters. The first kappa shape index (κ1) is 22.6. The SMILES string of the molecule is Cc1cc(OC(C)C(=O)Nc2ccc(S(=O)(=O)Nc3ccccn3)cc2)cc(C)c1Cl. The molecule has 0 fully saturated rings. The van der Waals surface area contributed by atoms with Crippen molar-refractivity contribution in [2.75, 3.05) is 10.0 Å². The van der Waals surface area contributed by atoms with Gasteiger partial charge in [-0.3, -0.25) is 9.52 Å². The topological polar surface area (TPSA) is 97.4 Å². The van der Waals surface area contributed by atoms with Crippen molar-refractivity contribution >= 4 is 39.0 Å². The smallest absolute Gasteiger partial charge is 0.265 e. The molecule has 1 aromatic heterocycles. The van der Waals surface area contributed by atoms with E-state index in [9.17, 15) is 13.2 Å². The van der Waals surface area contributed by atoms with Gasteiger partial charge in [0.25, 0.3) is 15.9 Å². The summed E-state index contributed by atoms with van der Waals surface area (Å²) in [6.07, 6.45) is 0.723. The van der Waals surface area contributed by atoms with Crippen LogP contribution < -0.4 is 14.8 Å². The average molecular weight is 460 g/mol. The van der Waals surface area contributed by atoms with Gasteiger partial charge in [0.1, 0.15) is 11.6 Å². The number of aryl methyl sites for hydroxylation is 2. The third kappa shape index (κ3) is 5.74. The van der Waals surface area contributed by atoms with E-state index in [4.69, 9.17) is 16.3 Å². The van der Waals surface area contributed by atoms with Crippen molar-refractivity contribution < 1.29 is 17.9 Å². The summed E-state index contributed by atoms with van der Waals surface area (Å²) >= 11 is 6.16. The molecule has 0 aliphatic carbocycles. The number of sulfonamides is 1. The lowest BCUT2D eigenvalue weighted by atomic mass is 10.1. The lowest BCUT2D eigenvalue weighted by molar-refractivity contribution is -0.122. The lowest BCUT2D eigenvalue weighted by Gasteiger charge is -2.16. The first-order chi connectivity index (χ1) is 14.7. The van der Waals surface area contributed by atoms with Crippen LogP contribution in [0.3, 0.4) is 0 Å². The van der Waals surface area contributed by atoms with Crippen molar-refractivity contribution in [2.24, 2.45) is 0 Å². The van der Waals surface area contributed by atoms with E-state index in [0.29, 0.717) is 16.5 Å². The predicted octanol–water partition coefficient (Wildman–Crippen LogP) is 4.56. The fourth-order valence-corrected chi connectivity index (χ4v) is 3.93. The van der Waals surface area contributed by atoms with Crippen molar-refractivity contribution in [3.63, 3.8) is 0 Å². The summed E-state index contributed by atoms with van der Waals surface area (Å²) < 4.78 is 33.0. The molecule has 0 aliphatic rings. The van der Waals surface area contributed by atoms with E-state index in [2.05, 4.69) is 15.0 Å². The Labute approximate surface area is 186 Å². The van der Waals surface area contributed by atoms with E-state index in [1.807, 2.05) is 13.8 Å². The van der Waals surface area contributed by atoms with Gasteiger partial charge in [-0.15, -0.1) is 0 Å². The van der Waals surface area contributed by atoms with Gasteiger partial charge in [-0.2, -0.15) is 0 Å². The quantitative estimate of drug-likeness (QED) is 0.539. The van der Waals surface area contributed by atoms with Crippen molar-refractivity contribution in [3.8, 4) is 5.75 Å². The molecule has 1 heterocycles. The fraction of sp³-hybridized carbons (Fsp3) is 0.182. The Morgan fingerprint density at radius 3 is 2.29 bits per heavy atom. The van der Waals surface area contributed by atoms with Gasteiger partial charge in [0, 0.05) is 16.9 Å². The molecule has 0 bridgehead atoms. The number of rotatable bonds is 7. The number of pyridine rings is 1. The summed E-state index contributed by atoms with van der Waals surface area (Å²) in [6, 6.07) is 14.3. The summed E-state index contributed by atoms with van der Waals surface area (Å²) in [4.78, 5) is 16.5. The van der Waals surface area contributed by atoms with Gasteiger partial charge >= 0.3 is 0 Å². The molecule has 2 N–H and O–H groups in total. The van der Waals surface area contributed by atoms with Crippen LogP contribution in [-0.2, 0) is 14.8 Å². The van der Waals surface area contributed by atoms with E-state index >= 15 is 0 Å². The van der Waals surface area contributed by atoms with Crippen LogP contribution in [0.15, 0.2) is 65.7 Å². The number of hydrogen-bond donors (Lipinski definition) is 2. The molecular formula is C22H22ClN3O4S. The molecule has 1 amide bonds. The maximum absolute atomic E-state index is 12.5. The van der Waals surface area contributed by atoms with Crippen LogP contribution in [0.25, 0.3) is 0 Å². The number of hydrogen-bond acceptors (Lipinski definition) is 5. The Bertz CT molecular complexity index is 1160. The van der Waals surface area contributed by atoms with Crippen LogP contribution in [-0.4, -0.2) is 25.4 Å². The van der Waals surface area contributed by atoms with Crippen LogP contribution in [0.4, 0.5) is 11.5 Å². The number of amides is 1. The fourth-order valence-electron chi connectivity index (χ4n) is 2.81. The Morgan fingerprint density at radius 2 is 1.71 bits per heavy atom. The minimum absolute atomic E-state index is 0.0487. The van der Waals surface area contributed by atoms with Crippen LogP contribution in [0.1, 0.15) is 18.1 Å². The lowest BCUT2D eigenvalue weighted by Crippen LogP contribution is -2.30. The molecule has 0 saturated carbocycles. The second kappa shape index (κ2) is 9.36. The second-order valence-electron chi connectivity index (χ2n) is 6.97. The maximum atomic E-state index is 12.5. The molecule has 31 heavy (non-hydrogen) atoms. The molecule has 7 nitrogen and oxygen atoms in total. The van der Waals surface area contributed by atoms with Crippen LogP contribution in [0, 0.1) is 13.8 Å². The highest BCUT2D eigenvalue weighted by Gasteiger charge is 2.18. The van der Waals surface area contributed by atoms with Crippen LogP contribution >= 0.6 is 11.6 Å². The average Bonchev–Trinajstić information content (AvgIpc) is 2.72. The van der Waals surface area contributed by atoms with Crippen molar-refractivity contribution in [1.82, 2.24) is 4.98 Å². The largest absolute Gasteiger partial charge is 0.481 e. The molecule has 0 radical (unpaired) electrons. The van der Waals surface area contributed by atoms with Crippen molar-refractivity contribution in [3.05, 3.63) is 76.9 Å². The normalized spacial score (nSPS) is 12.1. The van der Waals surface area contributed by atoms with Gasteiger partial charge < -0.3 is 10.1 Å². The number of nitrogens with one attached hydrogen (secondary N) is 2. The number of anilines is 2. The number of aromatic nitrogens is 1. The van der Waals surface area contributed by atoms with E-state index in [0.717, 1.165) is 11.1 Å². The van der Waals surface area contributed by atoms with Gasteiger partial charge in [-0.1, -0.05) is 17.7 Å². The minimum atomic E-state index is -3.79. The van der Waals surface area contributed by atoms with Gasteiger partial charge in [0.15, 0.2) is 6.10 Å².